The topological polar surface area (TPSA) is 115 Å². The standard InChI is InChI=1S/C30H32N2O5/c1-19(2)10-28(33)32-17-21-6-7-24(15-29(34)35)27(14-21)37-18-22-12-25-8-9-36-30(25)26(13-22)23-5-3-4-20(11-23)16-31/h3-9,11-14,19H,10,15-18,31H2,1-2H3,(H,32,33)(H,34,35). The molecule has 0 spiro atoms. The number of hydrogen-bond acceptors (Lipinski definition) is 5. The van der Waals surface area contributed by atoms with Crippen molar-refractivity contribution in [1.82, 2.24) is 5.32 Å². The highest BCUT2D eigenvalue weighted by atomic mass is 16.5. The van der Waals surface area contributed by atoms with Crippen LogP contribution < -0.4 is 15.8 Å². The number of carboxylic acid groups (broad SMARTS) is 1. The maximum absolute atomic E-state index is 12.1. The molecule has 0 aliphatic rings. The van der Waals surface area contributed by atoms with Crippen LogP contribution >= 0.6 is 0 Å². The van der Waals surface area contributed by atoms with Gasteiger partial charge in [-0.15, -0.1) is 0 Å². The van der Waals surface area contributed by atoms with Gasteiger partial charge in [-0.3, -0.25) is 9.59 Å². The molecule has 4 aromatic rings. The van der Waals surface area contributed by atoms with Gasteiger partial charge in [0.05, 0.1) is 12.7 Å². The van der Waals surface area contributed by atoms with Crippen LogP contribution in [-0.4, -0.2) is 17.0 Å². The van der Waals surface area contributed by atoms with Crippen LogP contribution in [0.4, 0.5) is 0 Å². The maximum atomic E-state index is 12.1. The van der Waals surface area contributed by atoms with Gasteiger partial charge >= 0.3 is 5.97 Å². The highest BCUT2D eigenvalue weighted by molar-refractivity contribution is 5.93. The molecular weight excluding hydrogens is 468 g/mol. The minimum Gasteiger partial charge on any atom is -0.489 e. The van der Waals surface area contributed by atoms with E-state index >= 15 is 0 Å². The number of amides is 1. The number of benzene rings is 3. The summed E-state index contributed by atoms with van der Waals surface area (Å²) in [7, 11) is 0. The van der Waals surface area contributed by atoms with Gasteiger partial charge in [-0.2, -0.15) is 0 Å². The van der Waals surface area contributed by atoms with Crippen LogP contribution in [0, 0.1) is 5.92 Å². The molecule has 0 saturated heterocycles. The molecule has 0 bridgehead atoms. The fourth-order valence-electron chi connectivity index (χ4n) is 4.26. The van der Waals surface area contributed by atoms with Crippen molar-refractivity contribution >= 4 is 22.8 Å². The normalized spacial score (nSPS) is 11.1. The van der Waals surface area contributed by atoms with Crippen LogP contribution in [0.5, 0.6) is 5.75 Å². The van der Waals surface area contributed by atoms with E-state index < -0.39 is 5.97 Å². The minimum atomic E-state index is -0.940. The van der Waals surface area contributed by atoms with E-state index in [0.29, 0.717) is 30.8 Å². The number of fused-ring (bicyclic) bond motifs is 1. The van der Waals surface area contributed by atoms with E-state index in [4.69, 9.17) is 14.9 Å². The lowest BCUT2D eigenvalue weighted by atomic mass is 9.99. The number of hydrogen-bond donors (Lipinski definition) is 3. The molecule has 4 N–H and O–H groups in total. The molecule has 0 fully saturated rings. The highest BCUT2D eigenvalue weighted by Crippen LogP contribution is 2.32. The average molecular weight is 501 g/mol. The Bertz CT molecular complexity index is 1410. The Morgan fingerprint density at radius 3 is 2.62 bits per heavy atom. The van der Waals surface area contributed by atoms with Crippen molar-refractivity contribution in [3.05, 3.63) is 89.2 Å². The lowest BCUT2D eigenvalue weighted by Crippen LogP contribution is -2.24. The van der Waals surface area contributed by atoms with Gasteiger partial charge in [-0.1, -0.05) is 44.2 Å². The molecule has 0 saturated carbocycles. The number of nitrogens with two attached hydrogens (primary N) is 1. The first-order chi connectivity index (χ1) is 17.8. The Balaban J connectivity index is 1.59. The van der Waals surface area contributed by atoms with Crippen molar-refractivity contribution in [3.8, 4) is 16.9 Å². The van der Waals surface area contributed by atoms with E-state index in [1.54, 1.807) is 18.4 Å². The minimum absolute atomic E-state index is 0.0215. The summed E-state index contributed by atoms with van der Waals surface area (Å²) in [5.74, 6) is -0.208. The lowest BCUT2D eigenvalue weighted by Gasteiger charge is -2.14. The van der Waals surface area contributed by atoms with Crippen molar-refractivity contribution in [1.29, 1.82) is 0 Å². The largest absolute Gasteiger partial charge is 0.489 e. The quantitative estimate of drug-likeness (QED) is 0.253. The first-order valence-corrected chi connectivity index (χ1v) is 12.3. The number of ether oxygens (including phenoxy) is 1. The number of aliphatic carboxylic acids is 1. The van der Waals surface area contributed by atoms with Crippen molar-refractivity contribution in [2.45, 2.75) is 46.4 Å². The zero-order valence-corrected chi connectivity index (χ0v) is 21.1. The molecule has 7 heteroatoms. The maximum Gasteiger partial charge on any atom is 0.307 e. The van der Waals surface area contributed by atoms with Crippen LogP contribution in [0.1, 0.15) is 42.5 Å². The molecule has 7 nitrogen and oxygen atoms in total. The zero-order chi connectivity index (χ0) is 26.4. The lowest BCUT2D eigenvalue weighted by molar-refractivity contribution is -0.136. The summed E-state index contributed by atoms with van der Waals surface area (Å²) in [6.07, 6.45) is 1.95. The molecule has 0 unspecified atom stereocenters. The summed E-state index contributed by atoms with van der Waals surface area (Å²) in [6.45, 7) is 5.01. The van der Waals surface area contributed by atoms with E-state index in [0.717, 1.165) is 38.8 Å². The first kappa shape index (κ1) is 26.0. The van der Waals surface area contributed by atoms with Gasteiger partial charge in [0.15, 0.2) is 0 Å². The van der Waals surface area contributed by atoms with Gasteiger partial charge in [0.2, 0.25) is 5.91 Å². The third-order valence-corrected chi connectivity index (χ3v) is 6.04. The Labute approximate surface area is 216 Å². The fourth-order valence-corrected chi connectivity index (χ4v) is 4.26. The molecule has 192 valence electrons. The van der Waals surface area contributed by atoms with E-state index in [2.05, 4.69) is 5.32 Å². The molecule has 4 rings (SSSR count). The van der Waals surface area contributed by atoms with Crippen molar-refractivity contribution in [2.24, 2.45) is 11.7 Å². The summed E-state index contributed by atoms with van der Waals surface area (Å²) >= 11 is 0. The predicted molar refractivity (Wildman–Crippen MR) is 143 cm³/mol. The third kappa shape index (κ3) is 6.77. The third-order valence-electron chi connectivity index (χ3n) is 6.04. The van der Waals surface area contributed by atoms with Crippen molar-refractivity contribution < 1.29 is 23.8 Å². The van der Waals surface area contributed by atoms with E-state index in [1.165, 1.54) is 0 Å². The number of carboxylic acids is 1. The number of rotatable bonds is 11. The van der Waals surface area contributed by atoms with E-state index in [1.807, 2.05) is 62.4 Å². The Hall–Kier alpha value is -4.10. The summed E-state index contributed by atoms with van der Waals surface area (Å²) in [4.78, 5) is 23.5. The molecule has 3 aromatic carbocycles. The summed E-state index contributed by atoms with van der Waals surface area (Å²) in [5, 5.41) is 13.2. The monoisotopic (exact) mass is 500 g/mol. The molecule has 0 radical (unpaired) electrons. The number of nitrogens with one attached hydrogen (secondary N) is 1. The average Bonchev–Trinajstić information content (AvgIpc) is 3.35. The summed E-state index contributed by atoms with van der Waals surface area (Å²) in [6, 6.07) is 19.3. The fraction of sp³-hybridized carbons (Fsp3) is 0.267. The van der Waals surface area contributed by atoms with Crippen LogP contribution in [0.3, 0.4) is 0 Å². The number of carbonyl (C=O) groups excluding carboxylic acids is 1. The van der Waals surface area contributed by atoms with Crippen LogP contribution in [0.2, 0.25) is 0 Å². The number of furan rings is 1. The second-order valence-electron chi connectivity index (χ2n) is 9.56. The SMILES string of the molecule is CC(C)CC(=O)NCc1ccc(CC(=O)O)c(OCc2cc(-c3cccc(CN)c3)c3occc3c2)c1. The van der Waals surface area contributed by atoms with Gasteiger partial charge in [-0.05, 0) is 58.5 Å². The van der Waals surface area contributed by atoms with Crippen LogP contribution in [-0.2, 0) is 35.7 Å². The second kappa shape index (κ2) is 11.8. The Morgan fingerprint density at radius 1 is 1.03 bits per heavy atom. The van der Waals surface area contributed by atoms with Gasteiger partial charge < -0.3 is 25.3 Å². The summed E-state index contributed by atoms with van der Waals surface area (Å²) < 4.78 is 11.9. The van der Waals surface area contributed by atoms with Gasteiger partial charge in [0, 0.05) is 36.0 Å². The summed E-state index contributed by atoms with van der Waals surface area (Å²) in [5.41, 5.74) is 11.9. The van der Waals surface area contributed by atoms with Gasteiger partial charge in [-0.25, -0.2) is 0 Å². The van der Waals surface area contributed by atoms with E-state index in [9.17, 15) is 14.7 Å². The smallest absolute Gasteiger partial charge is 0.307 e. The zero-order valence-electron chi connectivity index (χ0n) is 21.1. The Morgan fingerprint density at radius 2 is 1.86 bits per heavy atom. The van der Waals surface area contributed by atoms with Crippen molar-refractivity contribution in [3.63, 3.8) is 0 Å². The number of carbonyl (C=O) groups is 2. The van der Waals surface area contributed by atoms with Gasteiger partial charge in [0.1, 0.15) is 17.9 Å². The van der Waals surface area contributed by atoms with Crippen molar-refractivity contribution in [2.75, 3.05) is 0 Å². The van der Waals surface area contributed by atoms with Crippen LogP contribution in [0.25, 0.3) is 22.1 Å². The first-order valence-electron chi connectivity index (χ1n) is 12.3. The Kier molecular flexibility index (Phi) is 8.25. The molecule has 1 amide bonds. The highest BCUT2D eigenvalue weighted by Gasteiger charge is 2.14. The molecule has 37 heavy (non-hydrogen) atoms. The molecular formula is C30H32N2O5. The molecule has 0 atom stereocenters. The molecule has 0 aliphatic heterocycles. The molecule has 0 aliphatic carbocycles. The molecule has 1 aromatic heterocycles. The predicted octanol–water partition coefficient (Wildman–Crippen LogP) is 5.43. The molecule has 1 heterocycles. The van der Waals surface area contributed by atoms with Gasteiger partial charge in [0.25, 0.3) is 0 Å². The van der Waals surface area contributed by atoms with Crippen LogP contribution in [0.15, 0.2) is 71.3 Å². The van der Waals surface area contributed by atoms with E-state index in [-0.39, 0.29) is 24.9 Å². The second-order valence-corrected chi connectivity index (χ2v) is 9.56.